The summed E-state index contributed by atoms with van der Waals surface area (Å²) in [6, 6.07) is 6.35. The van der Waals surface area contributed by atoms with Gasteiger partial charge in [-0.25, -0.2) is 9.59 Å². The summed E-state index contributed by atoms with van der Waals surface area (Å²) in [6.45, 7) is 5.91. The molecule has 1 aromatic rings. The van der Waals surface area contributed by atoms with Crippen molar-refractivity contribution in [3.05, 3.63) is 35.4 Å². The molecule has 2 aliphatic heterocycles. The first kappa shape index (κ1) is 19.4. The maximum absolute atomic E-state index is 13.2. The maximum atomic E-state index is 13.2. The highest BCUT2D eigenvalue weighted by atomic mass is 16.7. The molecule has 0 N–H and O–H groups in total. The molecule has 0 spiro atoms. The van der Waals surface area contributed by atoms with Crippen molar-refractivity contribution < 1.29 is 28.8 Å². The molecule has 0 aromatic heterocycles. The number of rotatable bonds is 2. The first-order valence-corrected chi connectivity index (χ1v) is 9.80. The quantitative estimate of drug-likeness (QED) is 0.709. The van der Waals surface area contributed by atoms with Crippen LogP contribution in [0.4, 0.5) is 4.79 Å². The molecule has 3 amide bonds. The van der Waals surface area contributed by atoms with E-state index in [9.17, 15) is 19.2 Å². The van der Waals surface area contributed by atoms with Crippen molar-refractivity contribution in [3.63, 3.8) is 0 Å². The zero-order chi connectivity index (χ0) is 21.0. The molecule has 1 saturated carbocycles. The number of hydroxylamine groups is 2. The van der Waals surface area contributed by atoms with Gasteiger partial charge in [-0.15, -0.1) is 0 Å². The third kappa shape index (κ3) is 3.16. The number of likely N-dealkylation sites (tertiary alicyclic amines) is 1. The molecule has 29 heavy (non-hydrogen) atoms. The molecule has 8 nitrogen and oxygen atoms in total. The normalized spacial score (nSPS) is 25.8. The largest absolute Gasteiger partial charge is 0.444 e. The Bertz CT molecular complexity index is 870. The third-order valence-corrected chi connectivity index (χ3v) is 5.86. The van der Waals surface area contributed by atoms with Crippen LogP contribution < -0.4 is 0 Å². The second-order valence-electron chi connectivity index (χ2n) is 8.94. The van der Waals surface area contributed by atoms with Gasteiger partial charge in [0.2, 0.25) is 0 Å². The molecule has 3 aliphatic rings. The summed E-state index contributed by atoms with van der Waals surface area (Å²) in [6.07, 6.45) is 1.67. The lowest BCUT2D eigenvalue weighted by molar-refractivity contribution is -0.182. The number of amides is 3. The summed E-state index contributed by atoms with van der Waals surface area (Å²) >= 11 is 0. The lowest BCUT2D eigenvalue weighted by atomic mass is 9.81. The highest BCUT2D eigenvalue weighted by Crippen LogP contribution is 2.50. The summed E-state index contributed by atoms with van der Waals surface area (Å²) in [5.41, 5.74) is -1.13. The fraction of sp³-hybridized carbons (Fsp3) is 0.524. The molecule has 154 valence electrons. The van der Waals surface area contributed by atoms with E-state index in [-0.39, 0.29) is 23.6 Å². The van der Waals surface area contributed by atoms with Crippen LogP contribution in [0.15, 0.2) is 24.3 Å². The van der Waals surface area contributed by atoms with E-state index >= 15 is 0 Å². The van der Waals surface area contributed by atoms with Crippen molar-refractivity contribution in [1.29, 1.82) is 0 Å². The van der Waals surface area contributed by atoms with E-state index in [4.69, 9.17) is 9.57 Å². The van der Waals surface area contributed by atoms with Gasteiger partial charge in [-0.3, -0.25) is 9.59 Å². The van der Waals surface area contributed by atoms with Crippen LogP contribution in [0, 0.1) is 11.3 Å². The summed E-state index contributed by atoms with van der Waals surface area (Å²) < 4.78 is 5.44. The lowest BCUT2D eigenvalue weighted by Crippen LogP contribution is -2.44. The van der Waals surface area contributed by atoms with E-state index in [1.165, 1.54) is 17.0 Å². The van der Waals surface area contributed by atoms with E-state index in [1.807, 2.05) is 0 Å². The Morgan fingerprint density at radius 1 is 1.10 bits per heavy atom. The Kier molecular flexibility index (Phi) is 4.40. The summed E-state index contributed by atoms with van der Waals surface area (Å²) in [4.78, 5) is 57.6. The number of fused-ring (bicyclic) bond motifs is 2. The van der Waals surface area contributed by atoms with E-state index in [2.05, 4.69) is 0 Å². The molecule has 8 heteroatoms. The summed E-state index contributed by atoms with van der Waals surface area (Å²) in [5.74, 6) is -2.02. The lowest BCUT2D eigenvalue weighted by Gasteiger charge is -2.28. The number of ether oxygens (including phenoxy) is 1. The van der Waals surface area contributed by atoms with Gasteiger partial charge in [0.1, 0.15) is 5.60 Å². The molecule has 2 heterocycles. The van der Waals surface area contributed by atoms with Gasteiger partial charge in [-0.2, -0.15) is 0 Å². The number of carbonyl (C=O) groups is 4. The van der Waals surface area contributed by atoms with Crippen LogP contribution in [0.5, 0.6) is 0 Å². The zero-order valence-electron chi connectivity index (χ0n) is 16.8. The molecule has 1 saturated heterocycles. The smallest absolute Gasteiger partial charge is 0.410 e. The third-order valence-electron chi connectivity index (χ3n) is 5.86. The van der Waals surface area contributed by atoms with Crippen LogP contribution >= 0.6 is 0 Å². The van der Waals surface area contributed by atoms with Crippen molar-refractivity contribution in [2.45, 2.75) is 45.6 Å². The maximum Gasteiger partial charge on any atom is 0.410 e. The predicted octanol–water partition coefficient (Wildman–Crippen LogP) is 2.78. The standard InChI is InChI=1S/C21H24N2O6/c1-20(2,3)28-19(27)22-11-13-7-6-10-21(13,12-22)18(26)29-23-16(24)14-8-4-5-9-15(14)17(23)25/h4-5,8-9,13H,6-7,10-12H2,1-3H3/t13-,21-/m0/s1. The molecule has 0 unspecified atom stereocenters. The van der Waals surface area contributed by atoms with Gasteiger partial charge in [-0.1, -0.05) is 23.6 Å². The van der Waals surface area contributed by atoms with E-state index in [0.717, 1.165) is 12.8 Å². The van der Waals surface area contributed by atoms with Crippen molar-refractivity contribution in [2.75, 3.05) is 13.1 Å². The van der Waals surface area contributed by atoms with Gasteiger partial charge in [-0.05, 0) is 51.7 Å². The van der Waals surface area contributed by atoms with Crippen LogP contribution in [-0.4, -0.2) is 52.5 Å². The topological polar surface area (TPSA) is 93.2 Å². The number of hydrogen-bond donors (Lipinski definition) is 0. The molecular formula is C21H24N2O6. The van der Waals surface area contributed by atoms with E-state index in [0.29, 0.717) is 18.0 Å². The number of carbonyl (C=O) groups excluding carboxylic acids is 4. The molecule has 0 radical (unpaired) electrons. The molecule has 0 bridgehead atoms. The van der Waals surface area contributed by atoms with E-state index < -0.39 is 34.9 Å². The minimum absolute atomic E-state index is 0.0855. The van der Waals surface area contributed by atoms with Crippen LogP contribution in [0.3, 0.4) is 0 Å². The monoisotopic (exact) mass is 400 g/mol. The molecule has 2 fully saturated rings. The van der Waals surface area contributed by atoms with E-state index in [1.54, 1.807) is 32.9 Å². The fourth-order valence-corrected chi connectivity index (χ4v) is 4.51. The van der Waals surface area contributed by atoms with Gasteiger partial charge in [0.05, 0.1) is 16.5 Å². The second-order valence-corrected chi connectivity index (χ2v) is 8.94. The van der Waals surface area contributed by atoms with Crippen molar-refractivity contribution >= 4 is 23.9 Å². The summed E-state index contributed by atoms with van der Waals surface area (Å²) in [7, 11) is 0. The minimum atomic E-state index is -0.924. The Labute approximate surface area is 168 Å². The minimum Gasteiger partial charge on any atom is -0.444 e. The van der Waals surface area contributed by atoms with Gasteiger partial charge < -0.3 is 14.5 Å². The first-order chi connectivity index (χ1) is 13.6. The highest BCUT2D eigenvalue weighted by Gasteiger charge is 2.58. The number of hydrogen-bond acceptors (Lipinski definition) is 6. The zero-order valence-corrected chi connectivity index (χ0v) is 16.8. The van der Waals surface area contributed by atoms with Gasteiger partial charge in [0.25, 0.3) is 11.8 Å². The molecule has 1 aliphatic carbocycles. The van der Waals surface area contributed by atoms with Gasteiger partial charge in [0.15, 0.2) is 0 Å². The summed E-state index contributed by atoms with van der Waals surface area (Å²) in [5, 5.41) is 0.549. The first-order valence-electron chi connectivity index (χ1n) is 9.80. The van der Waals surface area contributed by atoms with Crippen LogP contribution in [-0.2, 0) is 14.4 Å². The Hall–Kier alpha value is -2.90. The predicted molar refractivity (Wildman–Crippen MR) is 101 cm³/mol. The molecule has 2 atom stereocenters. The SMILES string of the molecule is CC(C)(C)OC(=O)N1C[C@@H]2CCC[C@]2(C(=O)ON2C(=O)c3ccccc3C2=O)C1. The Balaban J connectivity index is 1.52. The van der Waals surface area contributed by atoms with Crippen molar-refractivity contribution in [3.8, 4) is 0 Å². The van der Waals surface area contributed by atoms with Crippen molar-refractivity contribution in [1.82, 2.24) is 9.96 Å². The van der Waals surface area contributed by atoms with Crippen LogP contribution in [0.25, 0.3) is 0 Å². The average Bonchev–Trinajstić information content (AvgIpc) is 3.27. The number of nitrogens with zero attached hydrogens (tertiary/aromatic N) is 2. The Morgan fingerprint density at radius 2 is 1.72 bits per heavy atom. The molecule has 4 rings (SSSR count). The molecule has 1 aromatic carbocycles. The fourth-order valence-electron chi connectivity index (χ4n) is 4.51. The molecular weight excluding hydrogens is 376 g/mol. The van der Waals surface area contributed by atoms with Crippen LogP contribution in [0.2, 0.25) is 0 Å². The average molecular weight is 400 g/mol. The highest BCUT2D eigenvalue weighted by molar-refractivity contribution is 6.20. The van der Waals surface area contributed by atoms with Crippen LogP contribution in [0.1, 0.15) is 60.7 Å². The number of benzene rings is 1. The Morgan fingerprint density at radius 3 is 2.31 bits per heavy atom. The van der Waals surface area contributed by atoms with Gasteiger partial charge >= 0.3 is 12.1 Å². The van der Waals surface area contributed by atoms with Crippen molar-refractivity contribution in [2.24, 2.45) is 11.3 Å². The number of imide groups is 1. The van der Waals surface area contributed by atoms with Gasteiger partial charge in [0, 0.05) is 13.1 Å². The second kappa shape index (κ2) is 6.57.